The van der Waals surface area contributed by atoms with Crippen molar-refractivity contribution in [2.75, 3.05) is 6.54 Å². The largest absolute Gasteiger partial charge is 0.234 e. The van der Waals surface area contributed by atoms with Crippen LogP contribution >= 0.6 is 0 Å². The van der Waals surface area contributed by atoms with Gasteiger partial charge in [-0.3, -0.25) is 0 Å². The number of aliphatic imine (C=N–C) groups is 1. The van der Waals surface area contributed by atoms with Crippen LogP contribution in [0.4, 0.5) is 8.78 Å². The molecule has 2 nitrogen and oxygen atoms in total. The highest BCUT2D eigenvalue weighted by Gasteiger charge is 1.99. The van der Waals surface area contributed by atoms with Crippen molar-refractivity contribution in [3.05, 3.63) is 35.4 Å². The number of nitrogens with zero attached hydrogens (tertiary/aromatic N) is 1. The second-order valence-corrected chi connectivity index (χ2v) is 2.50. The van der Waals surface area contributed by atoms with E-state index in [2.05, 4.69) is 4.99 Å². The Hall–Kier alpha value is -1.54. The molecule has 0 aliphatic carbocycles. The maximum Gasteiger partial charge on any atom is 0.234 e. The van der Waals surface area contributed by atoms with Crippen LogP contribution in [0, 0.1) is 11.6 Å². The van der Waals surface area contributed by atoms with Gasteiger partial charge in [-0.2, -0.15) is 0 Å². The summed E-state index contributed by atoms with van der Waals surface area (Å²) >= 11 is 0. The molecule has 0 spiro atoms. The van der Waals surface area contributed by atoms with E-state index in [4.69, 9.17) is 0 Å². The van der Waals surface area contributed by atoms with Crippen molar-refractivity contribution in [1.82, 2.24) is 0 Å². The summed E-state index contributed by atoms with van der Waals surface area (Å²) in [5, 5.41) is 0. The molecule has 0 unspecified atom stereocenters. The van der Waals surface area contributed by atoms with Gasteiger partial charge in [-0.1, -0.05) is 0 Å². The third-order valence-corrected chi connectivity index (χ3v) is 1.50. The van der Waals surface area contributed by atoms with Crippen LogP contribution in [-0.2, 0) is 11.2 Å². The van der Waals surface area contributed by atoms with Gasteiger partial charge in [0.15, 0.2) is 0 Å². The second-order valence-electron chi connectivity index (χ2n) is 2.50. The minimum atomic E-state index is -0.620. The smallest absolute Gasteiger partial charge is 0.211 e. The molecule has 0 atom stereocenters. The van der Waals surface area contributed by atoms with Gasteiger partial charge < -0.3 is 0 Å². The van der Waals surface area contributed by atoms with Gasteiger partial charge in [0, 0.05) is 6.07 Å². The van der Waals surface area contributed by atoms with Crippen LogP contribution in [0.15, 0.2) is 23.2 Å². The fraction of sp³-hybridized carbons (Fsp3) is 0.222. The van der Waals surface area contributed by atoms with E-state index < -0.39 is 11.6 Å². The van der Waals surface area contributed by atoms with Gasteiger partial charge in [0.25, 0.3) is 0 Å². The molecule has 0 fully saturated rings. The summed E-state index contributed by atoms with van der Waals surface area (Å²) in [6.45, 7) is 0.201. The Morgan fingerprint density at radius 3 is 2.38 bits per heavy atom. The lowest BCUT2D eigenvalue weighted by molar-refractivity contribution is 0.562. The fourth-order valence-electron chi connectivity index (χ4n) is 0.986. The molecule has 0 aliphatic rings. The molecule has 0 N–H and O–H groups in total. The van der Waals surface area contributed by atoms with Crippen molar-refractivity contribution in [1.29, 1.82) is 0 Å². The normalized spacial score (nSPS) is 9.38. The van der Waals surface area contributed by atoms with Gasteiger partial charge in [-0.25, -0.2) is 18.6 Å². The van der Waals surface area contributed by atoms with E-state index in [1.165, 1.54) is 18.2 Å². The maximum atomic E-state index is 12.6. The number of benzene rings is 1. The lowest BCUT2D eigenvalue weighted by atomic mass is 10.1. The molecule has 0 aliphatic heterocycles. The maximum absolute atomic E-state index is 12.6. The average molecular weight is 183 g/mol. The van der Waals surface area contributed by atoms with Crippen molar-refractivity contribution >= 4 is 6.08 Å². The van der Waals surface area contributed by atoms with Gasteiger partial charge >= 0.3 is 0 Å². The third kappa shape index (κ3) is 3.13. The molecule has 1 aromatic rings. The zero-order valence-electron chi connectivity index (χ0n) is 6.76. The quantitative estimate of drug-likeness (QED) is 0.519. The van der Waals surface area contributed by atoms with Gasteiger partial charge in [0.2, 0.25) is 6.08 Å². The molecule has 1 aromatic carbocycles. The summed E-state index contributed by atoms with van der Waals surface area (Å²) in [6.07, 6.45) is 1.69. The van der Waals surface area contributed by atoms with Crippen molar-refractivity contribution in [2.24, 2.45) is 4.99 Å². The van der Waals surface area contributed by atoms with Gasteiger partial charge in [-0.05, 0) is 24.1 Å². The number of hydrogen-bond donors (Lipinski definition) is 0. The summed E-state index contributed by atoms with van der Waals surface area (Å²) in [5.41, 5.74) is 0.483. The zero-order chi connectivity index (χ0) is 9.68. The Morgan fingerprint density at radius 1 is 1.23 bits per heavy atom. The molecule has 1 rings (SSSR count). The van der Waals surface area contributed by atoms with Crippen LogP contribution in [0.5, 0.6) is 0 Å². The number of carbonyl (C=O) groups excluding carboxylic acids is 1. The Balaban J connectivity index is 2.71. The van der Waals surface area contributed by atoms with Crippen LogP contribution in [0.25, 0.3) is 0 Å². The van der Waals surface area contributed by atoms with E-state index in [9.17, 15) is 13.6 Å². The van der Waals surface area contributed by atoms with Crippen LogP contribution in [0.3, 0.4) is 0 Å². The van der Waals surface area contributed by atoms with Gasteiger partial charge in [-0.15, -0.1) is 0 Å². The number of rotatable bonds is 3. The molecule has 0 saturated heterocycles. The Labute approximate surface area is 73.9 Å². The molecular formula is C9H7F2NO. The van der Waals surface area contributed by atoms with E-state index in [0.29, 0.717) is 12.0 Å². The van der Waals surface area contributed by atoms with Crippen molar-refractivity contribution in [3.63, 3.8) is 0 Å². The van der Waals surface area contributed by atoms with E-state index in [0.717, 1.165) is 6.07 Å². The highest BCUT2D eigenvalue weighted by molar-refractivity contribution is 5.33. The topological polar surface area (TPSA) is 29.4 Å². The van der Waals surface area contributed by atoms with Crippen LogP contribution in [0.2, 0.25) is 0 Å². The Bertz CT molecular complexity index is 325. The SMILES string of the molecule is O=C=NCCc1cc(F)cc(F)c1. The molecule has 0 saturated carbocycles. The van der Waals surface area contributed by atoms with E-state index >= 15 is 0 Å². The first-order chi connectivity index (χ1) is 6.22. The zero-order valence-corrected chi connectivity index (χ0v) is 6.76. The molecule has 0 aromatic heterocycles. The van der Waals surface area contributed by atoms with Crippen molar-refractivity contribution in [3.8, 4) is 0 Å². The van der Waals surface area contributed by atoms with Gasteiger partial charge in [0.05, 0.1) is 6.54 Å². The second kappa shape index (κ2) is 4.48. The van der Waals surface area contributed by atoms with Crippen LogP contribution in [-0.4, -0.2) is 12.6 Å². The summed E-state index contributed by atoms with van der Waals surface area (Å²) in [5.74, 6) is -1.24. The van der Waals surface area contributed by atoms with E-state index in [1.807, 2.05) is 0 Å². The predicted octanol–water partition coefficient (Wildman–Crippen LogP) is 1.84. The summed E-state index contributed by atoms with van der Waals surface area (Å²) < 4.78 is 25.2. The third-order valence-electron chi connectivity index (χ3n) is 1.50. The summed E-state index contributed by atoms with van der Waals surface area (Å²) in [6, 6.07) is 3.22. The lowest BCUT2D eigenvalue weighted by Crippen LogP contribution is -1.92. The molecule has 13 heavy (non-hydrogen) atoms. The minimum Gasteiger partial charge on any atom is -0.211 e. The molecule has 0 radical (unpaired) electrons. The molecule has 0 heterocycles. The minimum absolute atomic E-state index is 0.201. The Morgan fingerprint density at radius 2 is 1.85 bits per heavy atom. The standard InChI is InChI=1S/C9H7F2NO/c10-8-3-7(1-2-12-6-13)4-9(11)5-8/h3-5H,1-2H2. The number of halogens is 2. The fourth-order valence-corrected chi connectivity index (χ4v) is 0.986. The summed E-state index contributed by atoms with van der Waals surface area (Å²) in [7, 11) is 0. The first-order valence-corrected chi connectivity index (χ1v) is 3.71. The number of isocyanates is 1. The van der Waals surface area contributed by atoms with Crippen LogP contribution in [0.1, 0.15) is 5.56 Å². The van der Waals surface area contributed by atoms with Crippen LogP contribution < -0.4 is 0 Å². The predicted molar refractivity (Wildman–Crippen MR) is 43.1 cm³/mol. The summed E-state index contributed by atoms with van der Waals surface area (Å²) in [4.78, 5) is 13.0. The van der Waals surface area contributed by atoms with Crippen molar-refractivity contribution in [2.45, 2.75) is 6.42 Å². The number of hydrogen-bond acceptors (Lipinski definition) is 2. The molecular weight excluding hydrogens is 176 g/mol. The molecule has 4 heteroatoms. The monoisotopic (exact) mass is 183 g/mol. The average Bonchev–Trinajstić information content (AvgIpc) is 2.03. The van der Waals surface area contributed by atoms with Gasteiger partial charge in [0.1, 0.15) is 11.6 Å². The van der Waals surface area contributed by atoms with E-state index in [1.54, 1.807) is 0 Å². The first-order valence-electron chi connectivity index (χ1n) is 3.71. The Kier molecular flexibility index (Phi) is 3.29. The molecule has 0 bridgehead atoms. The highest BCUT2D eigenvalue weighted by atomic mass is 19.1. The van der Waals surface area contributed by atoms with Crippen molar-refractivity contribution < 1.29 is 13.6 Å². The lowest BCUT2D eigenvalue weighted by Gasteiger charge is -1.97. The highest BCUT2D eigenvalue weighted by Crippen LogP contribution is 2.08. The molecule has 68 valence electrons. The molecule has 0 amide bonds. The van der Waals surface area contributed by atoms with E-state index in [-0.39, 0.29) is 6.54 Å². The first kappa shape index (κ1) is 9.55.